The van der Waals surface area contributed by atoms with E-state index in [1.807, 2.05) is 20.0 Å². The Labute approximate surface area is 83.6 Å². The molecule has 0 aliphatic rings. The first-order valence-electron chi connectivity index (χ1n) is 4.50. The van der Waals surface area contributed by atoms with Gasteiger partial charge in [0.25, 0.3) is 0 Å². The van der Waals surface area contributed by atoms with Crippen LogP contribution in [0.25, 0.3) is 0 Å². The predicted molar refractivity (Wildman–Crippen MR) is 54.9 cm³/mol. The van der Waals surface area contributed by atoms with Crippen LogP contribution in [0.2, 0.25) is 0 Å². The van der Waals surface area contributed by atoms with Crippen LogP contribution in [0.5, 0.6) is 0 Å². The van der Waals surface area contributed by atoms with Crippen molar-refractivity contribution in [1.29, 1.82) is 0 Å². The predicted octanol–water partition coefficient (Wildman–Crippen LogP) is 0.573. The fourth-order valence-corrected chi connectivity index (χ4v) is 1.24. The first-order chi connectivity index (χ1) is 6.63. The molecule has 14 heavy (non-hydrogen) atoms. The summed E-state index contributed by atoms with van der Waals surface area (Å²) in [5.41, 5.74) is 1.85. The highest BCUT2D eigenvalue weighted by atomic mass is 16.1. The van der Waals surface area contributed by atoms with Gasteiger partial charge in [0.2, 0.25) is 5.91 Å². The Morgan fingerprint density at radius 3 is 3.00 bits per heavy atom. The highest BCUT2D eigenvalue weighted by Crippen LogP contribution is 2.02. The summed E-state index contributed by atoms with van der Waals surface area (Å²) in [4.78, 5) is 11.3. The number of nitrogens with zero attached hydrogens (tertiary/aromatic N) is 2. The second kappa shape index (κ2) is 4.60. The largest absolute Gasteiger partial charge is 0.352 e. The lowest BCUT2D eigenvalue weighted by Gasteiger charge is -2.02. The summed E-state index contributed by atoms with van der Waals surface area (Å²) in [7, 11) is 1.84. The van der Waals surface area contributed by atoms with E-state index in [4.69, 9.17) is 0 Å². The number of aryl methyl sites for hydroxylation is 2. The van der Waals surface area contributed by atoms with E-state index in [2.05, 4.69) is 17.0 Å². The summed E-state index contributed by atoms with van der Waals surface area (Å²) in [6.45, 7) is 5.95. The third kappa shape index (κ3) is 2.73. The van der Waals surface area contributed by atoms with Gasteiger partial charge < -0.3 is 5.32 Å². The number of rotatable bonds is 4. The van der Waals surface area contributed by atoms with Crippen molar-refractivity contribution in [3.05, 3.63) is 30.1 Å². The van der Waals surface area contributed by atoms with Crippen LogP contribution in [0.1, 0.15) is 11.4 Å². The van der Waals surface area contributed by atoms with Crippen molar-refractivity contribution >= 4 is 5.91 Å². The molecule has 1 amide bonds. The summed E-state index contributed by atoms with van der Waals surface area (Å²) in [5.74, 6) is -0.00657. The average Bonchev–Trinajstić information content (AvgIpc) is 2.42. The molecule has 0 unspecified atom stereocenters. The van der Waals surface area contributed by atoms with Gasteiger partial charge in [-0.05, 0) is 13.0 Å². The Balaban J connectivity index is 2.55. The molecule has 4 nitrogen and oxygen atoms in total. The maximum absolute atomic E-state index is 11.3. The van der Waals surface area contributed by atoms with E-state index < -0.39 is 0 Å². The normalized spacial score (nSPS) is 9.86. The number of aromatic nitrogens is 2. The van der Waals surface area contributed by atoms with Crippen LogP contribution < -0.4 is 5.32 Å². The van der Waals surface area contributed by atoms with Crippen LogP contribution in [-0.4, -0.2) is 22.2 Å². The van der Waals surface area contributed by atoms with Crippen molar-refractivity contribution in [2.75, 3.05) is 6.54 Å². The van der Waals surface area contributed by atoms with E-state index in [0.29, 0.717) is 13.0 Å². The van der Waals surface area contributed by atoms with E-state index in [1.54, 1.807) is 10.8 Å². The summed E-state index contributed by atoms with van der Waals surface area (Å²) in [6, 6.07) is 1.91. The minimum absolute atomic E-state index is 0.00657. The number of hydrogen-bond acceptors (Lipinski definition) is 2. The molecule has 76 valence electrons. The first-order valence-corrected chi connectivity index (χ1v) is 4.50. The molecule has 1 rings (SSSR count). The van der Waals surface area contributed by atoms with Crippen LogP contribution in [0.4, 0.5) is 0 Å². The van der Waals surface area contributed by atoms with Gasteiger partial charge in [-0.3, -0.25) is 9.48 Å². The zero-order valence-corrected chi connectivity index (χ0v) is 8.58. The van der Waals surface area contributed by atoms with E-state index in [-0.39, 0.29) is 5.91 Å². The first kappa shape index (κ1) is 10.5. The summed E-state index contributed by atoms with van der Waals surface area (Å²) in [5, 5.41) is 6.88. The molecule has 0 aliphatic carbocycles. The summed E-state index contributed by atoms with van der Waals surface area (Å²) >= 11 is 0. The lowest BCUT2D eigenvalue weighted by Crippen LogP contribution is -2.25. The maximum Gasteiger partial charge on any atom is 0.226 e. The van der Waals surface area contributed by atoms with Crippen molar-refractivity contribution in [2.24, 2.45) is 7.05 Å². The number of amides is 1. The minimum atomic E-state index is -0.00657. The quantitative estimate of drug-likeness (QED) is 0.711. The Hall–Kier alpha value is -1.58. The Kier molecular flexibility index (Phi) is 3.45. The van der Waals surface area contributed by atoms with Gasteiger partial charge in [-0.1, -0.05) is 6.08 Å². The van der Waals surface area contributed by atoms with Gasteiger partial charge in [0, 0.05) is 19.3 Å². The Bertz CT molecular complexity index is 341. The van der Waals surface area contributed by atoms with Gasteiger partial charge in [-0.2, -0.15) is 5.10 Å². The zero-order valence-electron chi connectivity index (χ0n) is 8.58. The number of hydrogen-bond donors (Lipinski definition) is 1. The molecule has 0 atom stereocenters. The molecule has 0 saturated heterocycles. The molecule has 0 aliphatic heterocycles. The highest BCUT2D eigenvalue weighted by molar-refractivity contribution is 5.78. The molecule has 0 aromatic carbocycles. The Morgan fingerprint density at radius 2 is 2.50 bits per heavy atom. The number of nitrogens with one attached hydrogen (secondary N) is 1. The lowest BCUT2D eigenvalue weighted by molar-refractivity contribution is -0.120. The number of carbonyl (C=O) groups is 1. The van der Waals surface area contributed by atoms with Gasteiger partial charge in [0.05, 0.1) is 12.1 Å². The molecule has 4 heteroatoms. The second-order valence-electron chi connectivity index (χ2n) is 3.17. The van der Waals surface area contributed by atoms with E-state index in [1.165, 1.54) is 0 Å². The molecule has 0 saturated carbocycles. The molecule has 0 bridgehead atoms. The number of carbonyl (C=O) groups excluding carboxylic acids is 1. The third-order valence-electron chi connectivity index (χ3n) is 1.88. The standard InChI is InChI=1S/C10H15N3O/c1-4-5-11-10(14)7-9-6-8(2)12-13(9)3/h4,6H,1,5,7H2,2-3H3,(H,11,14). The second-order valence-corrected chi connectivity index (χ2v) is 3.17. The molecule has 1 aromatic rings. The average molecular weight is 193 g/mol. The van der Waals surface area contributed by atoms with E-state index >= 15 is 0 Å². The SMILES string of the molecule is C=CCNC(=O)Cc1cc(C)nn1C. The third-order valence-corrected chi connectivity index (χ3v) is 1.88. The van der Waals surface area contributed by atoms with Crippen LogP contribution in [-0.2, 0) is 18.3 Å². The van der Waals surface area contributed by atoms with E-state index in [9.17, 15) is 4.79 Å². The molecule has 0 fully saturated rings. The smallest absolute Gasteiger partial charge is 0.226 e. The Morgan fingerprint density at radius 1 is 1.79 bits per heavy atom. The monoisotopic (exact) mass is 193 g/mol. The van der Waals surface area contributed by atoms with Crippen LogP contribution >= 0.6 is 0 Å². The van der Waals surface area contributed by atoms with Crippen molar-refractivity contribution in [2.45, 2.75) is 13.3 Å². The van der Waals surface area contributed by atoms with Gasteiger partial charge in [0.15, 0.2) is 0 Å². The van der Waals surface area contributed by atoms with Crippen LogP contribution in [0, 0.1) is 6.92 Å². The molecular weight excluding hydrogens is 178 g/mol. The maximum atomic E-state index is 11.3. The van der Waals surface area contributed by atoms with Crippen LogP contribution in [0.3, 0.4) is 0 Å². The molecule has 1 aromatic heterocycles. The van der Waals surface area contributed by atoms with Gasteiger partial charge in [-0.25, -0.2) is 0 Å². The van der Waals surface area contributed by atoms with Gasteiger partial charge >= 0.3 is 0 Å². The zero-order chi connectivity index (χ0) is 10.6. The minimum Gasteiger partial charge on any atom is -0.352 e. The van der Waals surface area contributed by atoms with E-state index in [0.717, 1.165) is 11.4 Å². The molecule has 0 radical (unpaired) electrons. The summed E-state index contributed by atoms with van der Waals surface area (Å²) < 4.78 is 1.73. The lowest BCUT2D eigenvalue weighted by atomic mass is 10.2. The fraction of sp³-hybridized carbons (Fsp3) is 0.400. The van der Waals surface area contributed by atoms with Crippen molar-refractivity contribution < 1.29 is 4.79 Å². The molecular formula is C10H15N3O. The van der Waals surface area contributed by atoms with Crippen molar-refractivity contribution in [3.63, 3.8) is 0 Å². The summed E-state index contributed by atoms with van der Waals surface area (Å²) in [6.07, 6.45) is 2.03. The fourth-order valence-electron chi connectivity index (χ4n) is 1.24. The molecule has 0 spiro atoms. The molecule has 1 heterocycles. The van der Waals surface area contributed by atoms with Crippen LogP contribution in [0.15, 0.2) is 18.7 Å². The molecule has 1 N–H and O–H groups in total. The van der Waals surface area contributed by atoms with Crippen molar-refractivity contribution in [1.82, 2.24) is 15.1 Å². The van der Waals surface area contributed by atoms with Gasteiger partial charge in [0.1, 0.15) is 0 Å². The van der Waals surface area contributed by atoms with Gasteiger partial charge in [-0.15, -0.1) is 6.58 Å². The van der Waals surface area contributed by atoms with Crippen molar-refractivity contribution in [3.8, 4) is 0 Å². The highest BCUT2D eigenvalue weighted by Gasteiger charge is 2.06. The topological polar surface area (TPSA) is 46.9 Å².